The number of hydrogen-bond acceptors (Lipinski definition) is 5. The van der Waals surface area contributed by atoms with E-state index in [1.807, 2.05) is 34.7 Å². The van der Waals surface area contributed by atoms with E-state index in [-0.39, 0.29) is 0 Å². The van der Waals surface area contributed by atoms with E-state index in [1.54, 1.807) is 20.4 Å². The molecule has 2 atom stereocenters. The number of fused-ring (bicyclic) bond motifs is 1. The Morgan fingerprint density at radius 3 is 2.67 bits per heavy atom. The average Bonchev–Trinajstić information content (AvgIpc) is 3.43. The van der Waals surface area contributed by atoms with Gasteiger partial charge in [0, 0.05) is 5.56 Å². The molecule has 0 bridgehead atoms. The molecule has 0 radical (unpaired) electrons. The summed E-state index contributed by atoms with van der Waals surface area (Å²) in [6.45, 7) is 2.86. The van der Waals surface area contributed by atoms with Gasteiger partial charge in [0.2, 0.25) is 0 Å². The first kappa shape index (κ1) is 20.1. The summed E-state index contributed by atoms with van der Waals surface area (Å²) in [7, 11) is 3.21. The molecule has 0 amide bonds. The highest BCUT2D eigenvalue weighted by Crippen LogP contribution is 2.38. The Balaban J connectivity index is 1.75. The third kappa shape index (κ3) is 3.56. The molecule has 2 unspecified atom stereocenters. The Bertz CT molecular complexity index is 1080. The maximum absolute atomic E-state index is 9.75. The molecule has 1 aromatic carbocycles. The van der Waals surface area contributed by atoms with E-state index in [0.717, 1.165) is 16.9 Å². The molecule has 3 aromatic rings. The van der Waals surface area contributed by atoms with Crippen LogP contribution >= 0.6 is 0 Å². The Morgan fingerprint density at radius 2 is 1.93 bits per heavy atom. The first-order chi connectivity index (χ1) is 14.7. The van der Waals surface area contributed by atoms with Gasteiger partial charge in [0.1, 0.15) is 28.8 Å². The molecule has 0 spiro atoms. The minimum Gasteiger partial charge on any atom is -0.495 e. The van der Waals surface area contributed by atoms with Crippen LogP contribution in [0, 0.1) is 23.2 Å². The van der Waals surface area contributed by atoms with Crippen molar-refractivity contribution in [2.24, 2.45) is 11.8 Å². The first-order valence-corrected chi connectivity index (χ1v) is 10.5. The standard InChI is InChI=1S/C24H27N3O3/c1-4-16-7-5-8-17(16)15-30-22-12-18(11-21(28-2)19(22)13-25)20-14-26-23-9-6-10-24(29-3)27(20)23/h6,9-12,14,16-17H,4-5,7-8,15H2,1-3H3. The zero-order valence-corrected chi connectivity index (χ0v) is 17.7. The molecule has 0 saturated heterocycles. The second-order valence-corrected chi connectivity index (χ2v) is 7.74. The van der Waals surface area contributed by atoms with E-state index in [0.29, 0.717) is 41.4 Å². The van der Waals surface area contributed by atoms with Crippen LogP contribution in [0.15, 0.2) is 36.5 Å². The molecular weight excluding hydrogens is 378 g/mol. The molecule has 6 nitrogen and oxygen atoms in total. The van der Waals surface area contributed by atoms with Crippen LogP contribution in [0.1, 0.15) is 38.2 Å². The minimum absolute atomic E-state index is 0.424. The van der Waals surface area contributed by atoms with Crippen LogP contribution in [0.2, 0.25) is 0 Å². The molecule has 2 aromatic heterocycles. The van der Waals surface area contributed by atoms with Crippen LogP contribution in [0.4, 0.5) is 0 Å². The summed E-state index contributed by atoms with van der Waals surface area (Å²) in [6.07, 6.45) is 6.67. The van der Waals surface area contributed by atoms with Crippen LogP contribution in [0.5, 0.6) is 17.4 Å². The fourth-order valence-electron chi connectivity index (χ4n) is 4.56. The largest absolute Gasteiger partial charge is 0.495 e. The van der Waals surface area contributed by atoms with Crippen molar-refractivity contribution in [3.8, 4) is 34.7 Å². The van der Waals surface area contributed by atoms with E-state index >= 15 is 0 Å². The second-order valence-electron chi connectivity index (χ2n) is 7.74. The number of hydrogen-bond donors (Lipinski definition) is 0. The zero-order chi connectivity index (χ0) is 21.1. The molecule has 156 valence electrons. The summed E-state index contributed by atoms with van der Waals surface area (Å²) in [5.74, 6) is 2.96. The lowest BCUT2D eigenvalue weighted by atomic mass is 9.94. The quantitative estimate of drug-likeness (QED) is 0.547. The van der Waals surface area contributed by atoms with Gasteiger partial charge in [-0.25, -0.2) is 4.98 Å². The zero-order valence-electron chi connectivity index (χ0n) is 17.7. The number of nitriles is 1. The fourth-order valence-corrected chi connectivity index (χ4v) is 4.56. The molecule has 1 fully saturated rings. The summed E-state index contributed by atoms with van der Waals surface area (Å²) < 4.78 is 19.2. The van der Waals surface area contributed by atoms with Gasteiger partial charge < -0.3 is 14.2 Å². The fraction of sp³-hybridized carbons (Fsp3) is 0.417. The summed E-state index contributed by atoms with van der Waals surface area (Å²) in [6, 6.07) is 11.7. The second kappa shape index (κ2) is 8.66. The number of aromatic nitrogens is 2. The van der Waals surface area contributed by atoms with Crippen molar-refractivity contribution in [3.63, 3.8) is 0 Å². The predicted molar refractivity (Wildman–Crippen MR) is 115 cm³/mol. The lowest BCUT2D eigenvalue weighted by Crippen LogP contribution is -2.16. The Morgan fingerprint density at radius 1 is 1.13 bits per heavy atom. The van der Waals surface area contributed by atoms with Crippen molar-refractivity contribution < 1.29 is 14.2 Å². The lowest BCUT2D eigenvalue weighted by Gasteiger charge is -2.20. The van der Waals surface area contributed by atoms with E-state index in [4.69, 9.17) is 14.2 Å². The van der Waals surface area contributed by atoms with E-state index in [2.05, 4.69) is 18.0 Å². The molecular formula is C24H27N3O3. The molecule has 4 rings (SSSR count). The van der Waals surface area contributed by atoms with Gasteiger partial charge in [0.15, 0.2) is 5.88 Å². The third-order valence-electron chi connectivity index (χ3n) is 6.19. The number of benzene rings is 1. The van der Waals surface area contributed by atoms with Crippen LogP contribution in [-0.4, -0.2) is 30.2 Å². The van der Waals surface area contributed by atoms with Crippen molar-refractivity contribution in [2.45, 2.75) is 32.6 Å². The van der Waals surface area contributed by atoms with E-state index in [9.17, 15) is 5.26 Å². The van der Waals surface area contributed by atoms with Gasteiger partial charge in [-0.2, -0.15) is 5.26 Å². The smallest absolute Gasteiger partial charge is 0.199 e. The van der Waals surface area contributed by atoms with Gasteiger partial charge >= 0.3 is 0 Å². The highest BCUT2D eigenvalue weighted by Gasteiger charge is 2.27. The Hall–Kier alpha value is -3.20. The SMILES string of the molecule is CCC1CCCC1COc1cc(-c2cnc3cccc(OC)n23)cc(OC)c1C#N. The Labute approximate surface area is 177 Å². The van der Waals surface area contributed by atoms with Crippen LogP contribution < -0.4 is 14.2 Å². The minimum atomic E-state index is 0.424. The van der Waals surface area contributed by atoms with Crippen LogP contribution in [0.3, 0.4) is 0 Å². The highest BCUT2D eigenvalue weighted by atomic mass is 16.5. The van der Waals surface area contributed by atoms with Crippen LogP contribution in [0.25, 0.3) is 16.9 Å². The summed E-state index contributed by atoms with van der Waals surface area (Å²) in [5.41, 5.74) is 2.92. The molecule has 1 saturated carbocycles. The summed E-state index contributed by atoms with van der Waals surface area (Å²) >= 11 is 0. The maximum atomic E-state index is 9.75. The summed E-state index contributed by atoms with van der Waals surface area (Å²) in [4.78, 5) is 4.50. The molecule has 0 aliphatic heterocycles. The highest BCUT2D eigenvalue weighted by molar-refractivity contribution is 5.71. The topological polar surface area (TPSA) is 68.8 Å². The van der Waals surface area contributed by atoms with Crippen LogP contribution in [-0.2, 0) is 0 Å². The van der Waals surface area contributed by atoms with Gasteiger partial charge in [-0.3, -0.25) is 4.40 Å². The molecule has 0 N–H and O–H groups in total. The molecule has 30 heavy (non-hydrogen) atoms. The molecule has 1 aliphatic rings. The number of imidazole rings is 1. The van der Waals surface area contributed by atoms with E-state index in [1.165, 1.54) is 25.7 Å². The normalized spacial score (nSPS) is 18.3. The van der Waals surface area contributed by atoms with Gasteiger partial charge in [0.05, 0.1) is 32.7 Å². The summed E-state index contributed by atoms with van der Waals surface area (Å²) in [5, 5.41) is 9.75. The van der Waals surface area contributed by atoms with Crippen molar-refractivity contribution in [1.82, 2.24) is 9.38 Å². The number of ether oxygens (including phenoxy) is 3. The number of rotatable bonds is 7. The number of nitrogens with zero attached hydrogens (tertiary/aromatic N) is 3. The Kier molecular flexibility index (Phi) is 5.80. The van der Waals surface area contributed by atoms with Crippen molar-refractivity contribution >= 4 is 5.65 Å². The number of pyridine rings is 1. The maximum Gasteiger partial charge on any atom is 0.199 e. The van der Waals surface area contributed by atoms with Gasteiger partial charge in [-0.05, 0) is 42.5 Å². The molecule has 2 heterocycles. The molecule has 1 aliphatic carbocycles. The van der Waals surface area contributed by atoms with Gasteiger partial charge in [-0.1, -0.05) is 32.3 Å². The number of methoxy groups -OCH3 is 2. The average molecular weight is 405 g/mol. The van der Waals surface area contributed by atoms with Gasteiger partial charge in [0.25, 0.3) is 0 Å². The monoisotopic (exact) mass is 405 g/mol. The van der Waals surface area contributed by atoms with Crippen molar-refractivity contribution in [3.05, 3.63) is 42.1 Å². The lowest BCUT2D eigenvalue weighted by molar-refractivity contribution is 0.210. The molecule has 6 heteroatoms. The van der Waals surface area contributed by atoms with E-state index < -0.39 is 0 Å². The van der Waals surface area contributed by atoms with Gasteiger partial charge in [-0.15, -0.1) is 0 Å². The van der Waals surface area contributed by atoms with Crippen molar-refractivity contribution in [1.29, 1.82) is 5.26 Å². The third-order valence-corrected chi connectivity index (χ3v) is 6.19. The predicted octanol–water partition coefficient (Wildman–Crippen LogP) is 5.10. The first-order valence-electron chi connectivity index (χ1n) is 10.5. The van der Waals surface area contributed by atoms with Crippen molar-refractivity contribution in [2.75, 3.05) is 20.8 Å².